The van der Waals surface area contributed by atoms with Gasteiger partial charge in [-0.25, -0.2) is 0 Å². The molecule has 0 saturated heterocycles. The summed E-state index contributed by atoms with van der Waals surface area (Å²) in [5, 5.41) is 50.5. The first-order valence-corrected chi connectivity index (χ1v) is 12.6. The van der Waals surface area contributed by atoms with Crippen LogP contribution in [0.15, 0.2) is 0 Å². The van der Waals surface area contributed by atoms with E-state index in [1.54, 1.807) is 11.9 Å². The Labute approximate surface area is 195 Å². The molecular formula is C24H50N2O6. The van der Waals surface area contributed by atoms with Gasteiger partial charge in [-0.3, -0.25) is 4.79 Å². The van der Waals surface area contributed by atoms with Crippen LogP contribution in [0, 0.1) is 0 Å². The lowest BCUT2D eigenvalue weighted by Crippen LogP contribution is -2.49. The minimum atomic E-state index is -1.61. The zero-order valence-corrected chi connectivity index (χ0v) is 20.4. The summed E-state index contributed by atoms with van der Waals surface area (Å²) in [4.78, 5) is 13.7. The van der Waals surface area contributed by atoms with Crippen LogP contribution in [0.5, 0.6) is 0 Å². The number of rotatable bonds is 22. The number of carbonyl (C=O) groups is 1. The number of carbonyl (C=O) groups excluding carboxylic acids is 1. The van der Waals surface area contributed by atoms with E-state index in [1.807, 2.05) is 0 Å². The highest BCUT2D eigenvalue weighted by Crippen LogP contribution is 2.12. The molecule has 32 heavy (non-hydrogen) atoms. The first kappa shape index (κ1) is 31.2. The lowest BCUT2D eigenvalue weighted by Gasteiger charge is -2.28. The van der Waals surface area contributed by atoms with Crippen molar-refractivity contribution in [3.63, 3.8) is 0 Å². The summed E-state index contributed by atoms with van der Waals surface area (Å²) in [5.74, 6) is 0.0696. The van der Waals surface area contributed by atoms with Crippen molar-refractivity contribution in [1.29, 1.82) is 0 Å². The molecule has 0 spiro atoms. The molecular weight excluding hydrogens is 412 g/mol. The maximum Gasteiger partial charge on any atom is 0.219 e. The Hall–Kier alpha value is -0.770. The molecule has 0 radical (unpaired) electrons. The summed E-state index contributed by atoms with van der Waals surface area (Å²) in [6.07, 6.45) is 9.20. The molecule has 1 amide bonds. The first-order valence-electron chi connectivity index (χ1n) is 12.6. The normalized spacial score (nSPS) is 15.5. The molecule has 0 saturated carbocycles. The van der Waals surface area contributed by atoms with Crippen molar-refractivity contribution in [2.24, 2.45) is 0 Å². The van der Waals surface area contributed by atoms with Crippen LogP contribution in [-0.2, 0) is 4.79 Å². The van der Waals surface area contributed by atoms with Gasteiger partial charge in [-0.1, -0.05) is 71.1 Å². The van der Waals surface area contributed by atoms with Gasteiger partial charge in [0, 0.05) is 19.5 Å². The molecule has 0 rings (SSSR count). The van der Waals surface area contributed by atoms with Crippen molar-refractivity contribution >= 4 is 5.91 Å². The monoisotopic (exact) mass is 462 g/mol. The number of hydrogen-bond donors (Lipinski definition) is 6. The lowest BCUT2D eigenvalue weighted by molar-refractivity contribution is -0.121. The van der Waals surface area contributed by atoms with Crippen LogP contribution in [0.25, 0.3) is 0 Å². The quantitative estimate of drug-likeness (QED) is 0.135. The second-order valence-electron chi connectivity index (χ2n) is 9.05. The zero-order valence-electron chi connectivity index (χ0n) is 20.4. The number of aliphatic hydroxyl groups excluding tert-OH is 5. The number of nitrogens with one attached hydrogen (secondary N) is 1. The van der Waals surface area contributed by atoms with Crippen molar-refractivity contribution in [2.45, 2.75) is 115 Å². The van der Waals surface area contributed by atoms with E-state index in [-0.39, 0.29) is 12.5 Å². The van der Waals surface area contributed by atoms with Crippen LogP contribution in [0.2, 0.25) is 0 Å². The number of likely N-dealkylation sites (N-methyl/N-ethyl adjacent to an activating group) is 1. The number of hydrogen-bond acceptors (Lipinski definition) is 7. The van der Waals surface area contributed by atoms with Crippen LogP contribution in [-0.4, -0.2) is 94.0 Å². The standard InChI is InChI=1S/C24H50N2O6/c1-3-4-5-6-7-8-9-10-11-12-13-15-22(30)25-16-14-17-26(2)18-20(28)23(31)24(32)21(29)19-27/h20-21,23-24,27-29,31-32H,3-19H2,1-2H3,(H,25,30)/t20-,21+,23+,24+/m0/s1. The van der Waals surface area contributed by atoms with Gasteiger partial charge in [0.2, 0.25) is 5.91 Å². The maximum atomic E-state index is 11.9. The van der Waals surface area contributed by atoms with Crippen molar-refractivity contribution in [3.8, 4) is 0 Å². The molecule has 0 aliphatic carbocycles. The van der Waals surface area contributed by atoms with E-state index in [1.165, 1.54) is 57.8 Å². The lowest BCUT2D eigenvalue weighted by atomic mass is 10.0. The molecule has 0 aromatic carbocycles. The molecule has 8 nitrogen and oxygen atoms in total. The van der Waals surface area contributed by atoms with Gasteiger partial charge in [0.15, 0.2) is 0 Å². The smallest absolute Gasteiger partial charge is 0.219 e. The molecule has 8 heteroatoms. The SMILES string of the molecule is CCCCCCCCCCCCCC(=O)NCCCN(C)C[C@H](O)[C@@H](O)[C@H](O)[C@H](O)CO. The molecule has 0 aliphatic heterocycles. The van der Waals surface area contributed by atoms with Crippen LogP contribution in [0.1, 0.15) is 90.4 Å². The summed E-state index contributed by atoms with van der Waals surface area (Å²) < 4.78 is 0. The predicted octanol–water partition coefficient (Wildman–Crippen LogP) is 1.56. The molecule has 0 heterocycles. The maximum absolute atomic E-state index is 11.9. The Morgan fingerprint density at radius 2 is 1.28 bits per heavy atom. The van der Waals surface area contributed by atoms with E-state index in [9.17, 15) is 25.2 Å². The highest BCUT2D eigenvalue weighted by atomic mass is 16.4. The Kier molecular flexibility index (Phi) is 20.3. The number of unbranched alkanes of at least 4 members (excludes halogenated alkanes) is 10. The Bertz CT molecular complexity index is 441. The fourth-order valence-electron chi connectivity index (χ4n) is 3.70. The number of nitrogens with zero attached hydrogens (tertiary/aromatic N) is 1. The van der Waals surface area contributed by atoms with Gasteiger partial charge >= 0.3 is 0 Å². The van der Waals surface area contributed by atoms with Crippen LogP contribution >= 0.6 is 0 Å². The molecule has 192 valence electrons. The van der Waals surface area contributed by atoms with Crippen LogP contribution in [0.4, 0.5) is 0 Å². The molecule has 0 aromatic rings. The van der Waals surface area contributed by atoms with E-state index in [0.717, 1.165) is 12.8 Å². The van der Waals surface area contributed by atoms with E-state index in [0.29, 0.717) is 25.9 Å². The highest BCUT2D eigenvalue weighted by Gasteiger charge is 2.30. The van der Waals surface area contributed by atoms with Gasteiger partial charge in [-0.15, -0.1) is 0 Å². The van der Waals surface area contributed by atoms with Crippen molar-refractivity contribution in [2.75, 3.05) is 33.3 Å². The Balaban J connectivity index is 3.62. The third-order valence-corrected chi connectivity index (χ3v) is 5.87. The van der Waals surface area contributed by atoms with Gasteiger partial charge in [0.1, 0.15) is 18.3 Å². The van der Waals surface area contributed by atoms with Crippen molar-refractivity contribution < 1.29 is 30.3 Å². The summed E-state index contributed by atoms with van der Waals surface area (Å²) in [6.45, 7) is 2.79. The summed E-state index contributed by atoms with van der Waals surface area (Å²) in [6, 6.07) is 0. The third kappa shape index (κ3) is 16.8. The molecule has 0 aliphatic rings. The van der Waals surface area contributed by atoms with E-state index in [2.05, 4.69) is 12.2 Å². The molecule has 4 atom stereocenters. The second kappa shape index (κ2) is 20.8. The van der Waals surface area contributed by atoms with Gasteiger partial charge in [-0.05, 0) is 26.4 Å². The minimum Gasteiger partial charge on any atom is -0.394 e. The van der Waals surface area contributed by atoms with E-state index >= 15 is 0 Å². The number of aliphatic hydroxyl groups is 5. The van der Waals surface area contributed by atoms with Gasteiger partial charge in [0.25, 0.3) is 0 Å². The fraction of sp³-hybridized carbons (Fsp3) is 0.958. The fourth-order valence-corrected chi connectivity index (χ4v) is 3.70. The Morgan fingerprint density at radius 1 is 0.781 bits per heavy atom. The summed E-state index contributed by atoms with van der Waals surface area (Å²) in [5.41, 5.74) is 0. The topological polar surface area (TPSA) is 133 Å². The van der Waals surface area contributed by atoms with E-state index in [4.69, 9.17) is 5.11 Å². The van der Waals surface area contributed by atoms with Crippen molar-refractivity contribution in [1.82, 2.24) is 10.2 Å². The highest BCUT2D eigenvalue weighted by molar-refractivity contribution is 5.75. The van der Waals surface area contributed by atoms with Gasteiger partial charge in [0.05, 0.1) is 12.7 Å². The van der Waals surface area contributed by atoms with Crippen LogP contribution in [0.3, 0.4) is 0 Å². The molecule has 0 aromatic heterocycles. The molecule has 6 N–H and O–H groups in total. The third-order valence-electron chi connectivity index (χ3n) is 5.87. The minimum absolute atomic E-state index is 0.0696. The van der Waals surface area contributed by atoms with Crippen molar-refractivity contribution in [3.05, 3.63) is 0 Å². The summed E-state index contributed by atoms with van der Waals surface area (Å²) in [7, 11) is 1.76. The Morgan fingerprint density at radius 3 is 1.81 bits per heavy atom. The average molecular weight is 463 g/mol. The van der Waals surface area contributed by atoms with E-state index < -0.39 is 31.0 Å². The summed E-state index contributed by atoms with van der Waals surface area (Å²) >= 11 is 0. The average Bonchev–Trinajstić information content (AvgIpc) is 2.78. The zero-order chi connectivity index (χ0) is 24.2. The first-order chi connectivity index (χ1) is 15.3. The predicted molar refractivity (Wildman–Crippen MR) is 127 cm³/mol. The molecule has 0 fully saturated rings. The van der Waals surface area contributed by atoms with Gasteiger partial charge < -0.3 is 35.7 Å². The number of amides is 1. The molecule has 0 bridgehead atoms. The van der Waals surface area contributed by atoms with Crippen LogP contribution < -0.4 is 5.32 Å². The largest absolute Gasteiger partial charge is 0.394 e. The second-order valence-corrected chi connectivity index (χ2v) is 9.05. The molecule has 0 unspecified atom stereocenters. The van der Waals surface area contributed by atoms with Gasteiger partial charge in [-0.2, -0.15) is 0 Å².